The second-order valence-electron chi connectivity index (χ2n) is 4.33. The topological polar surface area (TPSA) is 90.1 Å². The van der Waals surface area contributed by atoms with Crippen molar-refractivity contribution in [1.82, 2.24) is 0 Å². The third-order valence-electron chi connectivity index (χ3n) is 2.60. The van der Waals surface area contributed by atoms with Crippen LogP contribution in [0, 0.1) is 0 Å². The molecule has 6 heteroatoms. The second kappa shape index (κ2) is 10.6. The van der Waals surface area contributed by atoms with Crippen molar-refractivity contribution in [3.63, 3.8) is 0 Å². The van der Waals surface area contributed by atoms with Gasteiger partial charge in [0.25, 0.3) is 0 Å². The molecule has 100 valence electrons. The van der Waals surface area contributed by atoms with E-state index in [0.717, 1.165) is 44.9 Å². The molecule has 0 amide bonds. The smallest absolute Gasteiger partial charge is 0.390 e. The lowest BCUT2D eigenvalue weighted by Crippen LogP contribution is -2.33. The highest BCUT2D eigenvalue weighted by Crippen LogP contribution is 2.11. The van der Waals surface area contributed by atoms with Gasteiger partial charge in [-0.15, -0.1) is 0 Å². The van der Waals surface area contributed by atoms with Crippen molar-refractivity contribution < 1.29 is 19.2 Å². The molecule has 0 aromatic rings. The molecule has 0 spiro atoms. The molecular formula is C11H23NO4Si. The number of hydrogen-bond donors (Lipinski definition) is 3. The average Bonchev–Trinajstić information content (AvgIpc) is 2.24. The van der Waals surface area contributed by atoms with Gasteiger partial charge in [0.2, 0.25) is 6.08 Å². The van der Waals surface area contributed by atoms with Crippen molar-refractivity contribution in [2.75, 3.05) is 6.54 Å². The van der Waals surface area contributed by atoms with Crippen molar-refractivity contribution in [3.05, 3.63) is 0 Å². The molecule has 0 radical (unpaired) electrons. The standard InChI is InChI=1S/C11H23NO4Si/c13-11-12-9-7-5-3-1-2-4-6-8-10-17(14,15)16/h14-16H,1-10H2. The average molecular weight is 261 g/mol. The Morgan fingerprint density at radius 1 is 0.824 bits per heavy atom. The lowest BCUT2D eigenvalue weighted by molar-refractivity contribution is 0.226. The largest absolute Gasteiger partial charge is 0.492 e. The SMILES string of the molecule is O=C=NCCCCCCCCCC[Si](O)(O)O. The number of hydrogen-bond acceptors (Lipinski definition) is 5. The normalized spacial score (nSPS) is 11.2. The summed E-state index contributed by atoms with van der Waals surface area (Å²) >= 11 is 0. The van der Waals surface area contributed by atoms with E-state index in [4.69, 9.17) is 14.4 Å². The van der Waals surface area contributed by atoms with E-state index in [9.17, 15) is 4.79 Å². The minimum atomic E-state index is -3.79. The fourth-order valence-electron chi connectivity index (χ4n) is 1.66. The van der Waals surface area contributed by atoms with Gasteiger partial charge in [0, 0.05) is 6.04 Å². The highest BCUT2D eigenvalue weighted by molar-refractivity contribution is 6.56. The molecule has 17 heavy (non-hydrogen) atoms. The van der Waals surface area contributed by atoms with Crippen LogP contribution in [0.5, 0.6) is 0 Å². The summed E-state index contributed by atoms with van der Waals surface area (Å²) in [6.07, 6.45) is 9.68. The molecule has 0 bridgehead atoms. The highest BCUT2D eigenvalue weighted by atomic mass is 28.4. The molecule has 0 aliphatic carbocycles. The third kappa shape index (κ3) is 15.5. The summed E-state index contributed by atoms with van der Waals surface area (Å²) in [6, 6.07) is 0.150. The molecule has 5 nitrogen and oxygen atoms in total. The van der Waals surface area contributed by atoms with Crippen molar-refractivity contribution in [2.24, 2.45) is 4.99 Å². The highest BCUT2D eigenvalue weighted by Gasteiger charge is 2.25. The molecule has 0 aromatic heterocycles. The monoisotopic (exact) mass is 261 g/mol. The van der Waals surface area contributed by atoms with E-state index >= 15 is 0 Å². The summed E-state index contributed by atoms with van der Waals surface area (Å²) in [7, 11) is -3.79. The summed E-state index contributed by atoms with van der Waals surface area (Å²) in [5.74, 6) is 0. The first-order chi connectivity index (χ1) is 8.06. The quantitative estimate of drug-likeness (QED) is 0.227. The van der Waals surface area contributed by atoms with Crippen LogP contribution in [0.15, 0.2) is 4.99 Å². The molecule has 0 aliphatic rings. The molecule has 0 saturated heterocycles. The Labute approximate surface area is 104 Å². The molecule has 0 saturated carbocycles. The van der Waals surface area contributed by atoms with E-state index < -0.39 is 8.80 Å². The second-order valence-corrected chi connectivity index (χ2v) is 6.37. The summed E-state index contributed by atoms with van der Waals surface area (Å²) in [5.41, 5.74) is 0. The van der Waals surface area contributed by atoms with E-state index in [-0.39, 0.29) is 6.04 Å². The van der Waals surface area contributed by atoms with Gasteiger partial charge < -0.3 is 14.4 Å². The Bertz CT molecular complexity index is 224. The van der Waals surface area contributed by atoms with Gasteiger partial charge in [0.15, 0.2) is 0 Å². The van der Waals surface area contributed by atoms with Crippen molar-refractivity contribution >= 4 is 14.9 Å². The van der Waals surface area contributed by atoms with Crippen molar-refractivity contribution in [3.8, 4) is 0 Å². The van der Waals surface area contributed by atoms with E-state index in [1.165, 1.54) is 6.08 Å². The van der Waals surface area contributed by atoms with Crippen LogP contribution in [0.2, 0.25) is 6.04 Å². The maximum atomic E-state index is 9.77. The molecule has 0 fully saturated rings. The Morgan fingerprint density at radius 3 is 1.76 bits per heavy atom. The number of isocyanates is 1. The summed E-state index contributed by atoms with van der Waals surface area (Å²) in [6.45, 7) is 0.583. The van der Waals surface area contributed by atoms with E-state index in [0.29, 0.717) is 13.0 Å². The summed E-state index contributed by atoms with van der Waals surface area (Å²) < 4.78 is 0. The molecule has 0 heterocycles. The van der Waals surface area contributed by atoms with E-state index in [1.54, 1.807) is 0 Å². The van der Waals surface area contributed by atoms with Crippen molar-refractivity contribution in [1.29, 1.82) is 0 Å². The number of rotatable bonds is 11. The fourth-order valence-corrected chi connectivity index (χ4v) is 2.38. The maximum Gasteiger partial charge on any atom is 0.492 e. The van der Waals surface area contributed by atoms with Gasteiger partial charge in [-0.1, -0.05) is 38.5 Å². The van der Waals surface area contributed by atoms with Gasteiger partial charge >= 0.3 is 8.80 Å². The van der Waals surface area contributed by atoms with Gasteiger partial charge in [-0.05, 0) is 12.8 Å². The molecule has 0 aromatic carbocycles. The first kappa shape index (κ1) is 16.5. The van der Waals surface area contributed by atoms with Gasteiger partial charge in [0.1, 0.15) is 0 Å². The van der Waals surface area contributed by atoms with Gasteiger partial charge in [0.05, 0.1) is 6.54 Å². The molecule has 0 atom stereocenters. The van der Waals surface area contributed by atoms with E-state index in [2.05, 4.69) is 4.99 Å². The molecule has 0 rings (SSSR count). The minimum Gasteiger partial charge on any atom is -0.390 e. The van der Waals surface area contributed by atoms with Crippen LogP contribution in [0.3, 0.4) is 0 Å². The zero-order valence-electron chi connectivity index (χ0n) is 10.3. The number of unbranched alkanes of at least 4 members (excludes halogenated alkanes) is 7. The first-order valence-corrected chi connectivity index (χ1v) is 8.32. The first-order valence-electron chi connectivity index (χ1n) is 6.27. The maximum absolute atomic E-state index is 9.77. The lowest BCUT2D eigenvalue weighted by Gasteiger charge is -2.08. The van der Waals surface area contributed by atoms with Gasteiger partial charge in [-0.25, -0.2) is 9.79 Å². The van der Waals surface area contributed by atoms with Crippen molar-refractivity contribution in [2.45, 2.75) is 57.4 Å². The zero-order chi connectivity index (χ0) is 13.0. The van der Waals surface area contributed by atoms with Gasteiger partial charge in [-0.2, -0.15) is 0 Å². The van der Waals surface area contributed by atoms with Crippen LogP contribution in [0.4, 0.5) is 0 Å². The Morgan fingerprint density at radius 2 is 1.29 bits per heavy atom. The number of carbonyl (C=O) groups excluding carboxylic acids is 1. The van der Waals surface area contributed by atoms with Crippen LogP contribution in [0.1, 0.15) is 51.4 Å². The summed E-state index contributed by atoms with van der Waals surface area (Å²) in [4.78, 5) is 39.6. The Hall–Kier alpha value is -0.523. The molecule has 3 N–H and O–H groups in total. The predicted molar refractivity (Wildman–Crippen MR) is 67.1 cm³/mol. The molecule has 0 unspecified atom stereocenters. The predicted octanol–water partition coefficient (Wildman–Crippen LogP) is 1.36. The number of nitrogens with zero attached hydrogens (tertiary/aromatic N) is 1. The van der Waals surface area contributed by atoms with Gasteiger partial charge in [-0.3, -0.25) is 0 Å². The van der Waals surface area contributed by atoms with Crippen LogP contribution >= 0.6 is 0 Å². The summed E-state index contributed by atoms with van der Waals surface area (Å²) in [5, 5.41) is 0. The lowest BCUT2D eigenvalue weighted by atomic mass is 10.1. The van der Waals surface area contributed by atoms with Crippen LogP contribution < -0.4 is 0 Å². The Balaban J connectivity index is 3.06. The van der Waals surface area contributed by atoms with Crippen LogP contribution in [0.25, 0.3) is 0 Å². The third-order valence-corrected chi connectivity index (χ3v) is 3.62. The minimum absolute atomic E-state index is 0.150. The number of aliphatic imine (C=N–C) groups is 1. The Kier molecular flexibility index (Phi) is 10.3. The molecule has 0 aliphatic heterocycles. The zero-order valence-corrected chi connectivity index (χ0v) is 11.3. The van der Waals surface area contributed by atoms with Crippen LogP contribution in [-0.2, 0) is 4.79 Å². The fraction of sp³-hybridized carbons (Fsp3) is 0.909. The van der Waals surface area contributed by atoms with E-state index in [1.807, 2.05) is 0 Å². The molecular weight excluding hydrogens is 238 g/mol. The van der Waals surface area contributed by atoms with Crippen LogP contribution in [-0.4, -0.2) is 35.8 Å².